The van der Waals surface area contributed by atoms with Crippen LogP contribution in [0, 0.1) is 17.3 Å². The lowest BCUT2D eigenvalue weighted by atomic mass is 9.57. The Morgan fingerprint density at radius 2 is 2.00 bits per heavy atom. The summed E-state index contributed by atoms with van der Waals surface area (Å²) in [6.45, 7) is 6.83. The van der Waals surface area contributed by atoms with Crippen molar-refractivity contribution in [3.05, 3.63) is 34.9 Å². The molecular weight excluding hydrogens is 244 g/mol. The molecule has 4 aliphatic rings. The molecular formula is C19H24O. The highest BCUT2D eigenvalue weighted by molar-refractivity contribution is 5.93. The van der Waals surface area contributed by atoms with Crippen LogP contribution in [-0.4, -0.2) is 5.78 Å². The number of allylic oxidation sites excluding steroid dienone is 5. The minimum absolute atomic E-state index is 0.345. The van der Waals surface area contributed by atoms with E-state index in [4.69, 9.17) is 0 Å². The quantitative estimate of drug-likeness (QED) is 0.579. The van der Waals surface area contributed by atoms with Gasteiger partial charge in [-0.15, -0.1) is 0 Å². The first-order valence-electron chi connectivity index (χ1n) is 8.23. The molecule has 0 spiro atoms. The number of carbonyl (C=O) groups excluding carboxylic acids is 1. The van der Waals surface area contributed by atoms with Crippen LogP contribution in [0.1, 0.15) is 58.3 Å². The summed E-state index contributed by atoms with van der Waals surface area (Å²) in [7, 11) is 0. The van der Waals surface area contributed by atoms with E-state index in [0.717, 1.165) is 31.1 Å². The largest absolute Gasteiger partial charge is 0.295 e. The average molecular weight is 268 g/mol. The molecule has 0 saturated heterocycles. The van der Waals surface area contributed by atoms with Gasteiger partial charge in [0.1, 0.15) is 0 Å². The van der Waals surface area contributed by atoms with Crippen molar-refractivity contribution in [2.75, 3.05) is 0 Å². The lowest BCUT2D eigenvalue weighted by Gasteiger charge is -2.47. The second-order valence-electron chi connectivity index (χ2n) is 7.45. The van der Waals surface area contributed by atoms with Crippen LogP contribution in [0.15, 0.2) is 34.9 Å². The van der Waals surface area contributed by atoms with Crippen molar-refractivity contribution in [1.82, 2.24) is 0 Å². The normalized spacial score (nSPS) is 40.1. The number of rotatable bonds is 0. The summed E-state index contributed by atoms with van der Waals surface area (Å²) in [6, 6.07) is 0. The Morgan fingerprint density at radius 3 is 2.85 bits per heavy atom. The van der Waals surface area contributed by atoms with Crippen molar-refractivity contribution in [3.8, 4) is 0 Å². The summed E-state index contributed by atoms with van der Waals surface area (Å²) < 4.78 is 0. The van der Waals surface area contributed by atoms with Crippen LogP contribution in [0.3, 0.4) is 0 Å². The summed E-state index contributed by atoms with van der Waals surface area (Å²) in [5.74, 6) is 1.96. The predicted octanol–water partition coefficient (Wildman–Crippen LogP) is 4.75. The van der Waals surface area contributed by atoms with Gasteiger partial charge in [-0.25, -0.2) is 0 Å². The van der Waals surface area contributed by atoms with E-state index in [0.29, 0.717) is 11.2 Å². The molecule has 2 fully saturated rings. The van der Waals surface area contributed by atoms with Gasteiger partial charge in [-0.3, -0.25) is 4.79 Å². The Bertz CT molecular complexity index is 562. The minimum atomic E-state index is 0.345. The van der Waals surface area contributed by atoms with Gasteiger partial charge in [0, 0.05) is 6.42 Å². The molecule has 20 heavy (non-hydrogen) atoms. The summed E-state index contributed by atoms with van der Waals surface area (Å²) in [5.41, 5.74) is 6.60. The number of ketones is 1. The van der Waals surface area contributed by atoms with Crippen LogP contribution >= 0.6 is 0 Å². The van der Waals surface area contributed by atoms with E-state index in [1.54, 1.807) is 11.1 Å². The standard InChI is InChI=1S/C19H24O/c1-12-3-8-18-17-6-4-13-11-14(20)5-7-15(13)16(17)9-10-19(12,18)2/h11,17-18H,1,3-10H2,2H3/t17-,18+,19-/m1/s1. The van der Waals surface area contributed by atoms with E-state index < -0.39 is 0 Å². The van der Waals surface area contributed by atoms with Gasteiger partial charge in [-0.2, -0.15) is 0 Å². The molecule has 106 valence electrons. The van der Waals surface area contributed by atoms with Crippen LogP contribution in [-0.2, 0) is 4.79 Å². The van der Waals surface area contributed by atoms with Crippen molar-refractivity contribution in [2.24, 2.45) is 17.3 Å². The molecule has 3 atom stereocenters. The zero-order valence-corrected chi connectivity index (χ0v) is 12.5. The molecule has 0 amide bonds. The van der Waals surface area contributed by atoms with Crippen molar-refractivity contribution in [3.63, 3.8) is 0 Å². The van der Waals surface area contributed by atoms with Crippen molar-refractivity contribution in [2.45, 2.75) is 58.3 Å². The third kappa shape index (κ3) is 1.58. The second-order valence-corrected chi connectivity index (χ2v) is 7.45. The van der Waals surface area contributed by atoms with E-state index in [9.17, 15) is 4.79 Å². The third-order valence-electron chi connectivity index (χ3n) is 6.69. The lowest BCUT2D eigenvalue weighted by molar-refractivity contribution is -0.114. The molecule has 1 heteroatoms. The van der Waals surface area contributed by atoms with Gasteiger partial charge in [-0.1, -0.05) is 24.6 Å². The fourth-order valence-electron chi connectivity index (χ4n) is 5.44. The highest BCUT2D eigenvalue weighted by Crippen LogP contribution is 2.61. The second kappa shape index (κ2) is 4.19. The molecule has 0 N–H and O–H groups in total. The molecule has 0 radical (unpaired) electrons. The van der Waals surface area contributed by atoms with Gasteiger partial charge < -0.3 is 0 Å². The smallest absolute Gasteiger partial charge is 0.156 e. The maximum atomic E-state index is 11.6. The van der Waals surface area contributed by atoms with E-state index in [1.165, 1.54) is 43.3 Å². The van der Waals surface area contributed by atoms with Gasteiger partial charge in [0.25, 0.3) is 0 Å². The molecule has 0 aromatic rings. The van der Waals surface area contributed by atoms with E-state index in [2.05, 4.69) is 13.5 Å². The molecule has 4 aliphatic carbocycles. The van der Waals surface area contributed by atoms with Gasteiger partial charge in [0.05, 0.1) is 0 Å². The Balaban J connectivity index is 1.76. The van der Waals surface area contributed by atoms with Gasteiger partial charge >= 0.3 is 0 Å². The molecule has 2 saturated carbocycles. The van der Waals surface area contributed by atoms with Crippen molar-refractivity contribution >= 4 is 5.78 Å². The average Bonchev–Trinajstić information content (AvgIpc) is 2.74. The molecule has 0 unspecified atom stereocenters. The topological polar surface area (TPSA) is 17.1 Å². The molecule has 1 nitrogen and oxygen atoms in total. The van der Waals surface area contributed by atoms with Gasteiger partial charge in [-0.05, 0) is 79.4 Å². The summed E-state index contributed by atoms with van der Waals surface area (Å²) >= 11 is 0. The van der Waals surface area contributed by atoms with Crippen LogP contribution in [0.2, 0.25) is 0 Å². The maximum Gasteiger partial charge on any atom is 0.156 e. The number of hydrogen-bond acceptors (Lipinski definition) is 1. The Labute approximate surface area is 121 Å². The van der Waals surface area contributed by atoms with Gasteiger partial charge in [0.2, 0.25) is 0 Å². The zero-order chi connectivity index (χ0) is 13.9. The fourth-order valence-corrected chi connectivity index (χ4v) is 5.44. The number of hydrogen-bond donors (Lipinski definition) is 0. The molecule has 0 aromatic heterocycles. The number of carbonyl (C=O) groups is 1. The zero-order valence-electron chi connectivity index (χ0n) is 12.5. The summed E-state index contributed by atoms with van der Waals surface area (Å²) in [4.78, 5) is 11.6. The third-order valence-corrected chi connectivity index (χ3v) is 6.69. The fraction of sp³-hybridized carbons (Fsp3) is 0.632. The first-order chi connectivity index (χ1) is 9.59. The highest BCUT2D eigenvalue weighted by atomic mass is 16.1. The lowest BCUT2D eigenvalue weighted by Crippen LogP contribution is -2.37. The first-order valence-corrected chi connectivity index (χ1v) is 8.23. The van der Waals surface area contributed by atoms with Crippen molar-refractivity contribution in [1.29, 1.82) is 0 Å². The predicted molar refractivity (Wildman–Crippen MR) is 81.3 cm³/mol. The molecule has 0 aliphatic heterocycles. The Kier molecular flexibility index (Phi) is 2.64. The van der Waals surface area contributed by atoms with E-state index in [-0.39, 0.29) is 0 Å². The molecule has 0 aromatic carbocycles. The van der Waals surface area contributed by atoms with E-state index >= 15 is 0 Å². The Morgan fingerprint density at radius 1 is 1.15 bits per heavy atom. The van der Waals surface area contributed by atoms with Crippen LogP contribution in [0.4, 0.5) is 0 Å². The summed E-state index contributed by atoms with van der Waals surface area (Å²) in [6.07, 6.45) is 11.2. The van der Waals surface area contributed by atoms with E-state index in [1.807, 2.05) is 6.08 Å². The molecule has 4 rings (SSSR count). The first kappa shape index (κ1) is 12.6. The maximum absolute atomic E-state index is 11.6. The molecule has 0 bridgehead atoms. The van der Waals surface area contributed by atoms with Crippen LogP contribution < -0.4 is 0 Å². The van der Waals surface area contributed by atoms with Crippen molar-refractivity contribution < 1.29 is 4.79 Å². The molecule has 0 heterocycles. The summed E-state index contributed by atoms with van der Waals surface area (Å²) in [5, 5.41) is 0. The Hall–Kier alpha value is -1.11. The van der Waals surface area contributed by atoms with Crippen LogP contribution in [0.25, 0.3) is 0 Å². The van der Waals surface area contributed by atoms with Gasteiger partial charge in [0.15, 0.2) is 5.78 Å². The monoisotopic (exact) mass is 268 g/mol. The van der Waals surface area contributed by atoms with Crippen LogP contribution in [0.5, 0.6) is 0 Å². The minimum Gasteiger partial charge on any atom is -0.295 e. The SMILES string of the molecule is C=C1CC[C@H]2[C@@H]3CCC4=CC(=O)CCC4=C3CC[C@]12C. The highest BCUT2D eigenvalue weighted by Gasteiger charge is 2.50. The number of fused-ring (bicyclic) bond motifs is 4.